The number of hydrogen-bond acceptors (Lipinski definition) is 4. The summed E-state index contributed by atoms with van der Waals surface area (Å²) in [6.07, 6.45) is 2.25. The SMILES string of the molecule is COC(=O)C1CCCC1C(=O)N(N)Cc1ccccc1. The van der Waals surface area contributed by atoms with Gasteiger partial charge in [-0.1, -0.05) is 36.8 Å². The molecule has 2 atom stereocenters. The van der Waals surface area contributed by atoms with Crippen molar-refractivity contribution in [2.45, 2.75) is 25.8 Å². The lowest BCUT2D eigenvalue weighted by atomic mass is 9.95. The van der Waals surface area contributed by atoms with Crippen molar-refractivity contribution >= 4 is 11.9 Å². The van der Waals surface area contributed by atoms with Crippen LogP contribution in [0.5, 0.6) is 0 Å². The van der Waals surface area contributed by atoms with Gasteiger partial charge in [0.15, 0.2) is 0 Å². The highest BCUT2D eigenvalue weighted by molar-refractivity contribution is 5.85. The largest absolute Gasteiger partial charge is 0.469 e. The number of methoxy groups -OCH3 is 1. The lowest BCUT2D eigenvalue weighted by Gasteiger charge is -2.23. The first kappa shape index (κ1) is 14.5. The van der Waals surface area contributed by atoms with E-state index in [2.05, 4.69) is 0 Å². The summed E-state index contributed by atoms with van der Waals surface area (Å²) in [4.78, 5) is 24.0. The zero-order valence-electron chi connectivity index (χ0n) is 11.6. The number of benzene rings is 1. The topological polar surface area (TPSA) is 72.6 Å². The number of carbonyl (C=O) groups excluding carboxylic acids is 2. The molecule has 5 nitrogen and oxygen atoms in total. The van der Waals surface area contributed by atoms with E-state index in [4.69, 9.17) is 10.6 Å². The van der Waals surface area contributed by atoms with Crippen molar-refractivity contribution in [2.24, 2.45) is 17.7 Å². The molecule has 0 aliphatic heterocycles. The highest BCUT2D eigenvalue weighted by Crippen LogP contribution is 2.33. The molecule has 1 fully saturated rings. The second-order valence-corrected chi connectivity index (χ2v) is 5.12. The number of hydrogen-bond donors (Lipinski definition) is 1. The number of carbonyl (C=O) groups is 2. The normalized spacial score (nSPS) is 21.5. The molecule has 2 rings (SSSR count). The van der Waals surface area contributed by atoms with Gasteiger partial charge < -0.3 is 4.74 Å². The molecule has 108 valence electrons. The number of ether oxygens (including phenoxy) is 1. The maximum atomic E-state index is 12.4. The first-order valence-corrected chi connectivity index (χ1v) is 6.81. The third-order valence-electron chi connectivity index (χ3n) is 3.82. The van der Waals surface area contributed by atoms with E-state index in [-0.39, 0.29) is 23.7 Å². The first-order chi connectivity index (χ1) is 9.63. The van der Waals surface area contributed by atoms with Crippen molar-refractivity contribution in [3.8, 4) is 0 Å². The van der Waals surface area contributed by atoms with Gasteiger partial charge in [0.1, 0.15) is 0 Å². The van der Waals surface area contributed by atoms with E-state index < -0.39 is 0 Å². The van der Waals surface area contributed by atoms with Gasteiger partial charge in [-0.15, -0.1) is 0 Å². The Labute approximate surface area is 118 Å². The average Bonchev–Trinajstić information content (AvgIpc) is 2.96. The highest BCUT2D eigenvalue weighted by atomic mass is 16.5. The van der Waals surface area contributed by atoms with Crippen LogP contribution >= 0.6 is 0 Å². The molecule has 1 amide bonds. The first-order valence-electron chi connectivity index (χ1n) is 6.81. The second kappa shape index (κ2) is 6.52. The summed E-state index contributed by atoms with van der Waals surface area (Å²) in [6, 6.07) is 9.55. The molecule has 1 aliphatic rings. The predicted molar refractivity (Wildman–Crippen MR) is 74.0 cm³/mol. The third-order valence-corrected chi connectivity index (χ3v) is 3.82. The van der Waals surface area contributed by atoms with Gasteiger partial charge in [0.25, 0.3) is 0 Å². The van der Waals surface area contributed by atoms with E-state index >= 15 is 0 Å². The summed E-state index contributed by atoms with van der Waals surface area (Å²) in [6.45, 7) is 0.351. The third kappa shape index (κ3) is 3.17. The van der Waals surface area contributed by atoms with E-state index in [0.717, 1.165) is 12.0 Å². The minimum atomic E-state index is -0.352. The molecule has 2 N–H and O–H groups in total. The van der Waals surface area contributed by atoms with E-state index in [0.29, 0.717) is 19.4 Å². The van der Waals surface area contributed by atoms with Crippen LogP contribution in [0.25, 0.3) is 0 Å². The molecule has 0 heterocycles. The fourth-order valence-electron chi connectivity index (χ4n) is 2.76. The lowest BCUT2D eigenvalue weighted by molar-refractivity contribution is -0.152. The Hall–Kier alpha value is -1.88. The zero-order chi connectivity index (χ0) is 14.5. The summed E-state index contributed by atoms with van der Waals surface area (Å²) < 4.78 is 4.76. The standard InChI is InChI=1S/C15H20N2O3/c1-20-15(19)13-9-5-8-12(13)14(18)17(16)10-11-6-3-2-4-7-11/h2-4,6-7,12-13H,5,8-10,16H2,1H3. The van der Waals surface area contributed by atoms with Crippen LogP contribution in [-0.4, -0.2) is 24.0 Å². The van der Waals surface area contributed by atoms with Crippen molar-refractivity contribution in [3.63, 3.8) is 0 Å². The van der Waals surface area contributed by atoms with Crippen LogP contribution in [0.1, 0.15) is 24.8 Å². The Morgan fingerprint density at radius 3 is 2.55 bits per heavy atom. The number of amides is 1. The number of nitrogens with two attached hydrogens (primary N) is 1. The summed E-state index contributed by atoms with van der Waals surface area (Å²) in [5, 5.41) is 1.21. The number of rotatable bonds is 4. The van der Waals surface area contributed by atoms with Crippen LogP contribution in [0.2, 0.25) is 0 Å². The molecule has 5 heteroatoms. The molecule has 0 aromatic heterocycles. The fourth-order valence-corrected chi connectivity index (χ4v) is 2.76. The lowest BCUT2D eigenvalue weighted by Crippen LogP contribution is -2.43. The summed E-state index contributed by atoms with van der Waals surface area (Å²) in [7, 11) is 1.35. The molecule has 1 saturated carbocycles. The Morgan fingerprint density at radius 1 is 1.25 bits per heavy atom. The summed E-state index contributed by atoms with van der Waals surface area (Å²) in [5.41, 5.74) is 0.968. The van der Waals surface area contributed by atoms with Crippen LogP contribution in [-0.2, 0) is 20.9 Å². The predicted octanol–water partition coefficient (Wildman–Crippen LogP) is 1.48. The quantitative estimate of drug-likeness (QED) is 0.391. The van der Waals surface area contributed by atoms with Gasteiger partial charge in [0, 0.05) is 0 Å². The van der Waals surface area contributed by atoms with Crippen LogP contribution in [0, 0.1) is 11.8 Å². The van der Waals surface area contributed by atoms with Gasteiger partial charge in [0.2, 0.25) is 5.91 Å². The summed E-state index contributed by atoms with van der Waals surface area (Å²) >= 11 is 0. The molecule has 1 aromatic rings. The Bertz CT molecular complexity index is 475. The van der Waals surface area contributed by atoms with Crippen LogP contribution < -0.4 is 5.84 Å². The van der Waals surface area contributed by atoms with Gasteiger partial charge in [0.05, 0.1) is 25.5 Å². The van der Waals surface area contributed by atoms with Crippen LogP contribution in [0.15, 0.2) is 30.3 Å². The number of hydrazine groups is 1. The van der Waals surface area contributed by atoms with E-state index in [1.165, 1.54) is 12.1 Å². The van der Waals surface area contributed by atoms with Gasteiger partial charge >= 0.3 is 5.97 Å². The van der Waals surface area contributed by atoms with Crippen molar-refractivity contribution in [1.29, 1.82) is 0 Å². The molecular weight excluding hydrogens is 256 g/mol. The highest BCUT2D eigenvalue weighted by Gasteiger charge is 2.39. The molecule has 2 unspecified atom stereocenters. The van der Waals surface area contributed by atoms with Gasteiger partial charge in [-0.05, 0) is 18.4 Å². The van der Waals surface area contributed by atoms with Crippen molar-refractivity contribution in [2.75, 3.05) is 7.11 Å². The molecule has 0 spiro atoms. The Morgan fingerprint density at radius 2 is 1.90 bits per heavy atom. The maximum Gasteiger partial charge on any atom is 0.309 e. The van der Waals surface area contributed by atoms with E-state index in [9.17, 15) is 9.59 Å². The minimum absolute atomic E-state index is 0.179. The second-order valence-electron chi connectivity index (χ2n) is 5.12. The Kier molecular flexibility index (Phi) is 4.74. The molecule has 0 saturated heterocycles. The molecule has 0 bridgehead atoms. The minimum Gasteiger partial charge on any atom is -0.469 e. The van der Waals surface area contributed by atoms with Gasteiger partial charge in [-0.25, -0.2) is 5.84 Å². The maximum absolute atomic E-state index is 12.4. The smallest absolute Gasteiger partial charge is 0.309 e. The van der Waals surface area contributed by atoms with Crippen LogP contribution in [0.4, 0.5) is 0 Å². The van der Waals surface area contributed by atoms with Crippen molar-refractivity contribution in [1.82, 2.24) is 5.01 Å². The molecular formula is C15H20N2O3. The molecule has 20 heavy (non-hydrogen) atoms. The fraction of sp³-hybridized carbons (Fsp3) is 0.467. The van der Waals surface area contributed by atoms with Crippen molar-refractivity contribution < 1.29 is 14.3 Å². The summed E-state index contributed by atoms with van der Waals surface area (Å²) in [5.74, 6) is 4.67. The number of esters is 1. The molecule has 1 aliphatic carbocycles. The Balaban J connectivity index is 2.01. The van der Waals surface area contributed by atoms with E-state index in [1.54, 1.807) is 0 Å². The van der Waals surface area contributed by atoms with Gasteiger partial charge in [-0.3, -0.25) is 14.6 Å². The zero-order valence-corrected chi connectivity index (χ0v) is 11.6. The van der Waals surface area contributed by atoms with Gasteiger partial charge in [-0.2, -0.15) is 0 Å². The van der Waals surface area contributed by atoms with Crippen molar-refractivity contribution in [3.05, 3.63) is 35.9 Å². The molecule has 0 radical (unpaired) electrons. The number of nitrogens with zero attached hydrogens (tertiary/aromatic N) is 1. The monoisotopic (exact) mass is 276 g/mol. The van der Waals surface area contributed by atoms with E-state index in [1.807, 2.05) is 30.3 Å². The average molecular weight is 276 g/mol. The molecule has 1 aromatic carbocycles. The van der Waals surface area contributed by atoms with Crippen LogP contribution in [0.3, 0.4) is 0 Å².